The summed E-state index contributed by atoms with van der Waals surface area (Å²) >= 11 is 0. The molecule has 57 heavy (non-hydrogen) atoms. The fourth-order valence-electron chi connectivity index (χ4n) is 8.06. The van der Waals surface area contributed by atoms with Gasteiger partial charge in [0.25, 0.3) is 0 Å². The van der Waals surface area contributed by atoms with E-state index in [1.807, 2.05) is 6.08 Å². The Morgan fingerprint density at radius 3 is 1.12 bits per heavy atom. The number of amides is 1. The summed E-state index contributed by atoms with van der Waals surface area (Å²) in [5, 5.41) is 33.3. The molecular weight excluding hydrogens is 703 g/mol. The molecule has 3 atom stereocenters. The summed E-state index contributed by atoms with van der Waals surface area (Å²) < 4.78 is 0. The predicted octanol–water partition coefficient (Wildman–Crippen LogP) is 15.3. The topological polar surface area (TPSA) is 89.8 Å². The first-order valence-corrected chi connectivity index (χ1v) is 25.6. The van der Waals surface area contributed by atoms with Crippen LogP contribution in [0.3, 0.4) is 0 Å². The molecule has 5 nitrogen and oxygen atoms in total. The molecule has 0 aliphatic carbocycles. The smallest absolute Gasteiger partial charge is 0.222 e. The number of nitrogens with one attached hydrogen (secondary N) is 1. The van der Waals surface area contributed by atoms with Gasteiger partial charge >= 0.3 is 0 Å². The minimum atomic E-state index is -0.949. The highest BCUT2D eigenvalue weighted by Gasteiger charge is 2.20. The predicted molar refractivity (Wildman–Crippen MR) is 250 cm³/mol. The van der Waals surface area contributed by atoms with Gasteiger partial charge in [-0.05, 0) is 32.1 Å². The summed E-state index contributed by atoms with van der Waals surface area (Å²) in [7, 11) is 0. The Balaban J connectivity index is 3.62. The summed E-state index contributed by atoms with van der Waals surface area (Å²) in [5.74, 6) is -0.320. The second kappa shape index (κ2) is 47.5. The van der Waals surface area contributed by atoms with Gasteiger partial charge in [-0.25, -0.2) is 0 Å². The van der Waals surface area contributed by atoms with Gasteiger partial charge in [0.05, 0.1) is 31.3 Å². The van der Waals surface area contributed by atoms with Gasteiger partial charge in [0.1, 0.15) is 0 Å². The molecule has 0 bridgehead atoms. The van der Waals surface area contributed by atoms with Crippen molar-refractivity contribution in [3.05, 3.63) is 24.3 Å². The van der Waals surface area contributed by atoms with Crippen LogP contribution in [0.1, 0.15) is 277 Å². The first-order valence-electron chi connectivity index (χ1n) is 25.6. The number of carbonyl (C=O) groups is 1. The van der Waals surface area contributed by atoms with Gasteiger partial charge in [0, 0.05) is 0 Å². The lowest BCUT2D eigenvalue weighted by Crippen LogP contribution is -2.45. The van der Waals surface area contributed by atoms with Crippen LogP contribution in [0.15, 0.2) is 24.3 Å². The zero-order chi connectivity index (χ0) is 41.5. The van der Waals surface area contributed by atoms with E-state index in [1.165, 1.54) is 218 Å². The van der Waals surface area contributed by atoms with Crippen LogP contribution in [0.25, 0.3) is 0 Å². The van der Waals surface area contributed by atoms with Gasteiger partial charge in [-0.1, -0.05) is 263 Å². The first-order chi connectivity index (χ1) is 28.0. The highest BCUT2D eigenvalue weighted by molar-refractivity contribution is 5.76. The van der Waals surface area contributed by atoms with E-state index in [4.69, 9.17) is 0 Å². The number of rotatable bonds is 47. The number of allylic oxidation sites excluding steroid dienone is 3. The molecule has 0 saturated heterocycles. The molecule has 1 amide bonds. The van der Waals surface area contributed by atoms with E-state index < -0.39 is 18.2 Å². The van der Waals surface area contributed by atoms with Crippen molar-refractivity contribution in [1.29, 1.82) is 0 Å². The van der Waals surface area contributed by atoms with Crippen molar-refractivity contribution in [2.45, 2.75) is 295 Å². The minimum absolute atomic E-state index is 0.0101. The SMILES string of the molecule is CCCCCCCCCCCCCCCCCCC/C=C/CC/C=C/C(O)C(CO)NC(=O)CC(O)CCCCCCCCCCCCCCCCCCCCC. The molecule has 4 N–H and O–H groups in total. The standard InChI is InChI=1S/C52H101NO4/c1-3-5-7-9-11-13-15-17-19-21-23-24-25-26-28-30-32-34-36-38-40-42-44-46-51(56)50(48-54)53-52(57)47-49(55)45-43-41-39-37-35-33-31-29-27-22-20-18-16-14-12-10-8-6-4-2/h36,38,44,46,49-51,54-56H,3-35,37,39-43,45,47-48H2,1-2H3,(H,53,57)/b38-36+,46-44+. The van der Waals surface area contributed by atoms with Crippen LogP contribution in [0.4, 0.5) is 0 Å². The maximum absolute atomic E-state index is 12.5. The minimum Gasteiger partial charge on any atom is -0.394 e. The molecule has 0 aliphatic heterocycles. The Morgan fingerprint density at radius 2 is 0.754 bits per heavy atom. The van der Waals surface area contributed by atoms with Crippen LogP contribution in [-0.4, -0.2) is 46.1 Å². The van der Waals surface area contributed by atoms with Crippen LogP contribution in [0.2, 0.25) is 0 Å². The molecule has 0 fully saturated rings. The number of hydrogen-bond donors (Lipinski definition) is 4. The van der Waals surface area contributed by atoms with E-state index in [9.17, 15) is 20.1 Å². The third-order valence-electron chi connectivity index (χ3n) is 12.0. The average molecular weight is 804 g/mol. The molecule has 0 heterocycles. The normalized spacial score (nSPS) is 13.6. The lowest BCUT2D eigenvalue weighted by Gasteiger charge is -2.21. The maximum atomic E-state index is 12.5. The molecule has 338 valence electrons. The molecule has 0 rings (SSSR count). The lowest BCUT2D eigenvalue weighted by molar-refractivity contribution is -0.124. The van der Waals surface area contributed by atoms with Crippen molar-refractivity contribution in [3.63, 3.8) is 0 Å². The Bertz CT molecular complexity index is 844. The Kier molecular flexibility index (Phi) is 46.5. The van der Waals surface area contributed by atoms with E-state index in [-0.39, 0.29) is 18.9 Å². The van der Waals surface area contributed by atoms with Crippen LogP contribution in [0.5, 0.6) is 0 Å². The Morgan fingerprint density at radius 1 is 0.439 bits per heavy atom. The van der Waals surface area contributed by atoms with Crippen molar-refractivity contribution >= 4 is 5.91 Å². The quantitative estimate of drug-likeness (QED) is 0.0364. The Hall–Kier alpha value is -1.17. The molecule has 0 spiro atoms. The monoisotopic (exact) mass is 804 g/mol. The third kappa shape index (κ3) is 44.2. The van der Waals surface area contributed by atoms with Crippen LogP contribution < -0.4 is 5.32 Å². The molecular formula is C52H101NO4. The number of hydrogen-bond acceptors (Lipinski definition) is 4. The van der Waals surface area contributed by atoms with E-state index in [2.05, 4.69) is 31.3 Å². The van der Waals surface area contributed by atoms with E-state index in [0.29, 0.717) is 6.42 Å². The highest BCUT2D eigenvalue weighted by atomic mass is 16.3. The van der Waals surface area contributed by atoms with Crippen molar-refractivity contribution in [2.75, 3.05) is 6.61 Å². The van der Waals surface area contributed by atoms with Gasteiger partial charge < -0.3 is 20.6 Å². The average Bonchev–Trinajstić information content (AvgIpc) is 3.20. The van der Waals surface area contributed by atoms with Crippen molar-refractivity contribution in [1.82, 2.24) is 5.32 Å². The van der Waals surface area contributed by atoms with E-state index >= 15 is 0 Å². The third-order valence-corrected chi connectivity index (χ3v) is 12.0. The van der Waals surface area contributed by atoms with Gasteiger partial charge in [-0.15, -0.1) is 0 Å². The Labute approximate surface area is 356 Å². The first kappa shape index (κ1) is 55.8. The molecule has 0 aromatic carbocycles. The van der Waals surface area contributed by atoms with E-state index in [1.54, 1.807) is 6.08 Å². The number of aliphatic hydroxyl groups excluding tert-OH is 3. The fraction of sp³-hybridized carbons (Fsp3) is 0.904. The van der Waals surface area contributed by atoms with Gasteiger partial charge in [-0.3, -0.25) is 4.79 Å². The maximum Gasteiger partial charge on any atom is 0.222 e. The fourth-order valence-corrected chi connectivity index (χ4v) is 8.06. The second-order valence-electron chi connectivity index (χ2n) is 17.8. The number of unbranched alkanes of at least 4 members (excludes halogenated alkanes) is 36. The van der Waals surface area contributed by atoms with Crippen LogP contribution >= 0.6 is 0 Å². The summed E-state index contributed by atoms with van der Waals surface area (Å²) in [5.41, 5.74) is 0. The molecule has 0 aromatic rings. The molecule has 0 radical (unpaired) electrons. The molecule has 3 unspecified atom stereocenters. The largest absolute Gasteiger partial charge is 0.394 e. The zero-order valence-electron chi connectivity index (χ0n) is 38.5. The summed E-state index contributed by atoms with van der Waals surface area (Å²) in [6, 6.07) is -0.758. The van der Waals surface area contributed by atoms with Crippen LogP contribution in [-0.2, 0) is 4.79 Å². The molecule has 0 saturated carbocycles. The number of aliphatic hydroxyl groups is 3. The molecule has 5 heteroatoms. The van der Waals surface area contributed by atoms with Crippen molar-refractivity contribution in [2.24, 2.45) is 0 Å². The summed E-state index contributed by atoms with van der Waals surface area (Å²) in [6.45, 7) is 4.23. The lowest BCUT2D eigenvalue weighted by atomic mass is 10.0. The summed E-state index contributed by atoms with van der Waals surface area (Å²) in [4.78, 5) is 12.5. The van der Waals surface area contributed by atoms with Gasteiger partial charge in [0.15, 0.2) is 0 Å². The summed E-state index contributed by atoms with van der Waals surface area (Å²) in [6.07, 6.45) is 59.2. The number of carbonyl (C=O) groups excluding carboxylic acids is 1. The van der Waals surface area contributed by atoms with Gasteiger partial charge in [-0.2, -0.15) is 0 Å². The highest BCUT2D eigenvalue weighted by Crippen LogP contribution is 2.17. The second-order valence-corrected chi connectivity index (χ2v) is 17.8. The van der Waals surface area contributed by atoms with Crippen LogP contribution in [0, 0.1) is 0 Å². The van der Waals surface area contributed by atoms with Gasteiger partial charge in [0.2, 0.25) is 5.91 Å². The molecule has 0 aliphatic rings. The van der Waals surface area contributed by atoms with E-state index in [0.717, 1.165) is 32.1 Å². The van der Waals surface area contributed by atoms with Crippen molar-refractivity contribution < 1.29 is 20.1 Å². The molecule has 0 aromatic heterocycles. The van der Waals surface area contributed by atoms with Crippen molar-refractivity contribution in [3.8, 4) is 0 Å². The zero-order valence-corrected chi connectivity index (χ0v) is 38.5.